The second-order valence-corrected chi connectivity index (χ2v) is 7.11. The second-order valence-electron chi connectivity index (χ2n) is 7.11. The Hall–Kier alpha value is -2.66. The lowest BCUT2D eigenvalue weighted by atomic mass is 10.1. The number of hydrogen-bond donors (Lipinski definition) is 0. The van der Waals surface area contributed by atoms with Crippen LogP contribution in [0.1, 0.15) is 17.5 Å². The van der Waals surface area contributed by atoms with Gasteiger partial charge in [-0.05, 0) is 47.9 Å². The van der Waals surface area contributed by atoms with E-state index in [9.17, 15) is 4.39 Å². The van der Waals surface area contributed by atoms with Crippen LogP contribution in [0.2, 0.25) is 0 Å². The summed E-state index contributed by atoms with van der Waals surface area (Å²) >= 11 is 0. The van der Waals surface area contributed by atoms with Crippen molar-refractivity contribution in [3.8, 4) is 0 Å². The van der Waals surface area contributed by atoms with Crippen LogP contribution >= 0.6 is 0 Å². The summed E-state index contributed by atoms with van der Waals surface area (Å²) in [5.74, 6) is -0.175. The number of nitrogens with zero attached hydrogens (tertiary/aromatic N) is 4. The molecule has 0 amide bonds. The molecule has 1 aliphatic rings. The fourth-order valence-electron chi connectivity index (χ4n) is 3.63. The summed E-state index contributed by atoms with van der Waals surface area (Å²) in [6.45, 7) is 5.88. The van der Waals surface area contributed by atoms with Gasteiger partial charge in [-0.1, -0.05) is 24.3 Å². The summed E-state index contributed by atoms with van der Waals surface area (Å²) in [6, 6.07) is 17.6. The maximum atomic E-state index is 13.1. The zero-order valence-corrected chi connectivity index (χ0v) is 15.5. The van der Waals surface area contributed by atoms with Gasteiger partial charge < -0.3 is 4.90 Å². The normalized spacial score (nSPS) is 15.7. The molecule has 1 aromatic heterocycles. The maximum absolute atomic E-state index is 13.1. The molecule has 0 spiro atoms. The molecule has 0 atom stereocenters. The first-order chi connectivity index (χ1) is 13.3. The van der Waals surface area contributed by atoms with Crippen LogP contribution in [-0.4, -0.2) is 40.9 Å². The molecule has 4 rings (SSSR count). The van der Waals surface area contributed by atoms with Crippen LogP contribution in [-0.2, 0) is 13.1 Å². The van der Waals surface area contributed by atoms with Crippen molar-refractivity contribution >= 4 is 5.69 Å². The summed E-state index contributed by atoms with van der Waals surface area (Å²) in [5.41, 5.74) is 3.72. The summed E-state index contributed by atoms with van der Waals surface area (Å²) in [7, 11) is 0. The second kappa shape index (κ2) is 8.35. The third-order valence-corrected chi connectivity index (χ3v) is 5.11. The number of anilines is 1. The first kappa shape index (κ1) is 17.7. The van der Waals surface area contributed by atoms with E-state index in [0.717, 1.165) is 51.4 Å². The smallest absolute Gasteiger partial charge is 0.123 e. The summed E-state index contributed by atoms with van der Waals surface area (Å²) in [6.07, 6.45) is 4.91. The molecule has 27 heavy (non-hydrogen) atoms. The van der Waals surface area contributed by atoms with Crippen molar-refractivity contribution in [3.63, 3.8) is 0 Å². The van der Waals surface area contributed by atoms with Crippen molar-refractivity contribution in [1.29, 1.82) is 0 Å². The Bertz CT molecular complexity index is 828. The van der Waals surface area contributed by atoms with E-state index in [0.29, 0.717) is 0 Å². The molecule has 0 unspecified atom stereocenters. The largest absolute Gasteiger partial charge is 0.370 e. The number of aromatic nitrogens is 2. The minimum absolute atomic E-state index is 0.175. The molecule has 4 nitrogen and oxygen atoms in total. The van der Waals surface area contributed by atoms with E-state index < -0.39 is 0 Å². The summed E-state index contributed by atoms with van der Waals surface area (Å²) in [5, 5.41) is 4.26. The van der Waals surface area contributed by atoms with Crippen LogP contribution in [0, 0.1) is 5.82 Å². The predicted octanol–water partition coefficient (Wildman–Crippen LogP) is 3.78. The van der Waals surface area contributed by atoms with Gasteiger partial charge >= 0.3 is 0 Å². The lowest BCUT2D eigenvalue weighted by Crippen LogP contribution is -2.30. The van der Waals surface area contributed by atoms with Crippen molar-refractivity contribution in [3.05, 3.63) is 83.9 Å². The van der Waals surface area contributed by atoms with E-state index in [1.54, 1.807) is 12.1 Å². The van der Waals surface area contributed by atoms with Gasteiger partial charge in [-0.25, -0.2) is 4.39 Å². The summed E-state index contributed by atoms with van der Waals surface area (Å²) in [4.78, 5) is 4.86. The van der Waals surface area contributed by atoms with Gasteiger partial charge in [-0.3, -0.25) is 9.58 Å². The Balaban J connectivity index is 1.32. The topological polar surface area (TPSA) is 24.3 Å². The fourth-order valence-corrected chi connectivity index (χ4v) is 3.63. The van der Waals surface area contributed by atoms with E-state index in [1.807, 2.05) is 35.3 Å². The van der Waals surface area contributed by atoms with E-state index in [4.69, 9.17) is 0 Å². The van der Waals surface area contributed by atoms with Gasteiger partial charge in [-0.2, -0.15) is 5.10 Å². The lowest BCUT2D eigenvalue weighted by molar-refractivity contribution is 0.285. The SMILES string of the molecule is Fc1ccc(N2CCCN(Cc3ccc(Cn4cccn4)cc3)CC2)cc1. The highest BCUT2D eigenvalue weighted by Crippen LogP contribution is 2.18. The monoisotopic (exact) mass is 364 g/mol. The molecule has 1 fully saturated rings. The van der Waals surface area contributed by atoms with Crippen molar-refractivity contribution in [1.82, 2.24) is 14.7 Å². The van der Waals surface area contributed by atoms with Crippen LogP contribution in [0.25, 0.3) is 0 Å². The Morgan fingerprint density at radius 3 is 2.26 bits per heavy atom. The van der Waals surface area contributed by atoms with Gasteiger partial charge in [0, 0.05) is 50.8 Å². The number of hydrogen-bond acceptors (Lipinski definition) is 3. The zero-order chi connectivity index (χ0) is 18.5. The summed E-state index contributed by atoms with van der Waals surface area (Å²) < 4.78 is 15.1. The highest BCUT2D eigenvalue weighted by atomic mass is 19.1. The lowest BCUT2D eigenvalue weighted by Gasteiger charge is -2.23. The standard InChI is InChI=1S/C22H25FN4/c23-21-7-9-22(10-8-21)26-13-2-12-25(15-16-26)17-19-3-5-20(6-4-19)18-27-14-1-11-24-27/h1,3-11,14H,2,12-13,15-18H2. The molecule has 1 aliphatic heterocycles. The minimum atomic E-state index is -0.175. The molecule has 5 heteroatoms. The van der Waals surface area contributed by atoms with E-state index in [2.05, 4.69) is 39.2 Å². The van der Waals surface area contributed by atoms with Crippen LogP contribution < -0.4 is 4.90 Å². The van der Waals surface area contributed by atoms with Gasteiger partial charge in [0.05, 0.1) is 6.54 Å². The minimum Gasteiger partial charge on any atom is -0.370 e. The van der Waals surface area contributed by atoms with Crippen molar-refractivity contribution in [2.45, 2.75) is 19.5 Å². The molecule has 0 aliphatic carbocycles. The molecule has 0 N–H and O–H groups in total. The number of halogens is 1. The van der Waals surface area contributed by atoms with Crippen LogP contribution in [0.4, 0.5) is 10.1 Å². The zero-order valence-electron chi connectivity index (χ0n) is 15.5. The highest BCUT2D eigenvalue weighted by molar-refractivity contribution is 5.46. The molecule has 2 aromatic carbocycles. The molecule has 0 saturated carbocycles. The van der Waals surface area contributed by atoms with Crippen LogP contribution in [0.5, 0.6) is 0 Å². The molecular formula is C22H25FN4. The van der Waals surface area contributed by atoms with Crippen molar-refractivity contribution < 1.29 is 4.39 Å². The average molecular weight is 364 g/mol. The number of rotatable bonds is 5. The third kappa shape index (κ3) is 4.74. The first-order valence-electron chi connectivity index (χ1n) is 9.54. The quantitative estimate of drug-likeness (QED) is 0.689. The van der Waals surface area contributed by atoms with Crippen LogP contribution in [0.3, 0.4) is 0 Å². The maximum Gasteiger partial charge on any atom is 0.123 e. The Labute approximate surface area is 159 Å². The Morgan fingerprint density at radius 1 is 0.815 bits per heavy atom. The van der Waals surface area contributed by atoms with Gasteiger partial charge in [-0.15, -0.1) is 0 Å². The van der Waals surface area contributed by atoms with Gasteiger partial charge in [0.1, 0.15) is 5.82 Å². The van der Waals surface area contributed by atoms with Crippen LogP contribution in [0.15, 0.2) is 67.0 Å². The van der Waals surface area contributed by atoms with Crippen molar-refractivity contribution in [2.75, 3.05) is 31.1 Å². The molecule has 0 bridgehead atoms. The molecule has 1 saturated heterocycles. The molecule has 2 heterocycles. The van der Waals surface area contributed by atoms with Gasteiger partial charge in [0.15, 0.2) is 0 Å². The Morgan fingerprint density at radius 2 is 1.56 bits per heavy atom. The number of benzene rings is 2. The fraction of sp³-hybridized carbons (Fsp3) is 0.318. The Kier molecular flexibility index (Phi) is 5.49. The van der Waals surface area contributed by atoms with E-state index in [-0.39, 0.29) is 5.82 Å². The first-order valence-corrected chi connectivity index (χ1v) is 9.54. The molecular weight excluding hydrogens is 339 g/mol. The van der Waals surface area contributed by atoms with Gasteiger partial charge in [0.2, 0.25) is 0 Å². The van der Waals surface area contributed by atoms with E-state index >= 15 is 0 Å². The highest BCUT2D eigenvalue weighted by Gasteiger charge is 2.15. The van der Waals surface area contributed by atoms with Gasteiger partial charge in [0.25, 0.3) is 0 Å². The van der Waals surface area contributed by atoms with E-state index in [1.165, 1.54) is 11.1 Å². The predicted molar refractivity (Wildman–Crippen MR) is 106 cm³/mol. The molecule has 140 valence electrons. The average Bonchev–Trinajstić information content (AvgIpc) is 3.09. The third-order valence-electron chi connectivity index (χ3n) is 5.11. The molecule has 3 aromatic rings. The van der Waals surface area contributed by atoms with Crippen molar-refractivity contribution in [2.24, 2.45) is 0 Å². The molecule has 0 radical (unpaired) electrons.